The molecule has 232 valence electrons. The molecule has 1 aromatic rings. The Bertz CT molecular complexity index is 1250. The van der Waals surface area contributed by atoms with Gasteiger partial charge in [-0.25, -0.2) is 0 Å². The number of hydrogen-bond donors (Lipinski definition) is 1. The Balaban J connectivity index is 1.37. The first kappa shape index (κ1) is 30.0. The number of morpholine rings is 1. The Morgan fingerprint density at radius 2 is 1.63 bits per heavy atom. The number of rotatable bonds is 10. The lowest BCUT2D eigenvalue weighted by atomic mass is 9.73. The van der Waals surface area contributed by atoms with E-state index < -0.39 is 29.1 Å². The van der Waals surface area contributed by atoms with Crippen molar-refractivity contribution >= 4 is 23.4 Å². The highest BCUT2D eigenvalue weighted by Gasteiger charge is 2.75. The normalized spacial score (nSPS) is 32.6. The molecule has 10 nitrogen and oxygen atoms in total. The summed E-state index contributed by atoms with van der Waals surface area (Å²) < 4.78 is 12.6. The van der Waals surface area contributed by atoms with Crippen molar-refractivity contribution in [2.75, 3.05) is 70.5 Å². The second-order valence-corrected chi connectivity index (χ2v) is 12.3. The lowest BCUT2D eigenvalue weighted by molar-refractivity contribution is -0.152. The first-order chi connectivity index (χ1) is 21.0. The highest BCUT2D eigenvalue weighted by atomic mass is 16.5. The fraction of sp³-hybridized carbons (Fsp3) is 0.606. The summed E-state index contributed by atoms with van der Waals surface area (Å²) in [4.78, 5) is 51.2. The smallest absolute Gasteiger partial charge is 0.249 e. The fourth-order valence-corrected chi connectivity index (χ4v) is 7.75. The summed E-state index contributed by atoms with van der Waals surface area (Å²) in [6.07, 6.45) is 10.4. The van der Waals surface area contributed by atoms with Crippen LogP contribution in [0.2, 0.25) is 0 Å². The number of anilines is 1. The van der Waals surface area contributed by atoms with E-state index in [9.17, 15) is 19.5 Å². The number of nitrogens with zero attached hydrogens (tertiary/aromatic N) is 4. The Labute approximate surface area is 253 Å². The van der Waals surface area contributed by atoms with Gasteiger partial charge in [0.25, 0.3) is 0 Å². The van der Waals surface area contributed by atoms with E-state index in [1.165, 1.54) is 0 Å². The van der Waals surface area contributed by atoms with Gasteiger partial charge in [-0.15, -0.1) is 0 Å². The van der Waals surface area contributed by atoms with Crippen molar-refractivity contribution in [2.24, 2.45) is 11.8 Å². The van der Waals surface area contributed by atoms with Gasteiger partial charge in [0.2, 0.25) is 17.7 Å². The van der Waals surface area contributed by atoms with Crippen LogP contribution in [0.5, 0.6) is 0 Å². The molecule has 1 unspecified atom stereocenters. The van der Waals surface area contributed by atoms with Gasteiger partial charge in [0.1, 0.15) is 11.6 Å². The van der Waals surface area contributed by atoms with Crippen molar-refractivity contribution in [3.63, 3.8) is 0 Å². The lowest BCUT2D eigenvalue weighted by Gasteiger charge is -2.39. The zero-order valence-electron chi connectivity index (χ0n) is 25.1. The Kier molecular flexibility index (Phi) is 8.73. The first-order valence-corrected chi connectivity index (χ1v) is 15.9. The molecule has 0 radical (unpaired) electrons. The highest BCUT2D eigenvalue weighted by Crippen LogP contribution is 2.58. The van der Waals surface area contributed by atoms with E-state index in [2.05, 4.69) is 4.90 Å². The predicted molar refractivity (Wildman–Crippen MR) is 161 cm³/mol. The molecular weight excluding hydrogens is 548 g/mol. The van der Waals surface area contributed by atoms with Crippen molar-refractivity contribution in [1.82, 2.24) is 14.7 Å². The van der Waals surface area contributed by atoms with Gasteiger partial charge in [-0.3, -0.25) is 19.3 Å². The third-order valence-corrected chi connectivity index (χ3v) is 9.94. The van der Waals surface area contributed by atoms with E-state index in [0.29, 0.717) is 58.7 Å². The van der Waals surface area contributed by atoms with Crippen LogP contribution in [0.4, 0.5) is 5.69 Å². The lowest BCUT2D eigenvalue weighted by Crippen LogP contribution is -2.57. The van der Waals surface area contributed by atoms with Crippen LogP contribution in [0.1, 0.15) is 32.6 Å². The highest BCUT2D eigenvalue weighted by molar-refractivity contribution is 6.04. The Morgan fingerprint density at radius 1 is 0.860 bits per heavy atom. The monoisotopic (exact) mass is 592 g/mol. The molecule has 0 aromatic heterocycles. The van der Waals surface area contributed by atoms with Gasteiger partial charge in [-0.2, -0.15) is 0 Å². The number of hydrogen-bond acceptors (Lipinski definition) is 7. The third kappa shape index (κ3) is 5.22. The zero-order chi connectivity index (χ0) is 30.0. The molecule has 43 heavy (non-hydrogen) atoms. The zero-order valence-corrected chi connectivity index (χ0v) is 25.1. The van der Waals surface area contributed by atoms with Crippen LogP contribution in [0.15, 0.2) is 54.6 Å². The second-order valence-electron chi connectivity index (χ2n) is 12.3. The molecule has 1 N–H and O–H groups in total. The van der Waals surface area contributed by atoms with Crippen LogP contribution in [0, 0.1) is 11.8 Å². The van der Waals surface area contributed by atoms with Gasteiger partial charge >= 0.3 is 0 Å². The second kappa shape index (κ2) is 12.5. The number of unbranched alkanes of at least 4 members (excludes halogenated alkanes) is 2. The molecule has 1 spiro atoms. The minimum absolute atomic E-state index is 0.0846. The molecular formula is C33H44N4O6. The van der Waals surface area contributed by atoms with Gasteiger partial charge in [0, 0.05) is 58.1 Å². The summed E-state index contributed by atoms with van der Waals surface area (Å²) in [5, 5.41) is 9.34. The van der Waals surface area contributed by atoms with Crippen molar-refractivity contribution in [2.45, 2.75) is 49.9 Å². The van der Waals surface area contributed by atoms with Crippen LogP contribution in [0.25, 0.3) is 0 Å². The molecule has 6 rings (SSSR count). The van der Waals surface area contributed by atoms with Crippen molar-refractivity contribution < 1.29 is 29.0 Å². The molecule has 5 heterocycles. The molecule has 5 atom stereocenters. The molecule has 3 fully saturated rings. The van der Waals surface area contributed by atoms with Gasteiger partial charge in [0.15, 0.2) is 0 Å². The molecule has 0 saturated carbocycles. The van der Waals surface area contributed by atoms with Gasteiger partial charge in [-0.05, 0) is 37.8 Å². The predicted octanol–water partition coefficient (Wildman–Crippen LogP) is 1.84. The number of aliphatic hydroxyl groups is 1. The van der Waals surface area contributed by atoms with Crippen molar-refractivity contribution in [1.29, 1.82) is 0 Å². The third-order valence-electron chi connectivity index (χ3n) is 9.94. The summed E-state index contributed by atoms with van der Waals surface area (Å²) >= 11 is 0. The quantitative estimate of drug-likeness (QED) is 0.327. The number of para-hydroxylation sites is 1. The number of benzene rings is 1. The molecule has 5 aliphatic heterocycles. The van der Waals surface area contributed by atoms with E-state index in [-0.39, 0.29) is 24.3 Å². The average molecular weight is 593 g/mol. The average Bonchev–Trinajstić information content (AvgIpc) is 3.32. The maximum Gasteiger partial charge on any atom is 0.249 e. The van der Waals surface area contributed by atoms with E-state index in [0.717, 1.165) is 31.7 Å². The number of amides is 3. The number of likely N-dealkylation sites (tertiary alicyclic amines) is 1. The van der Waals surface area contributed by atoms with Crippen LogP contribution < -0.4 is 4.90 Å². The summed E-state index contributed by atoms with van der Waals surface area (Å²) in [5.41, 5.74) is -1.48. The minimum atomic E-state index is -1.25. The van der Waals surface area contributed by atoms with Crippen LogP contribution >= 0.6 is 0 Å². The maximum atomic E-state index is 14.6. The van der Waals surface area contributed by atoms with Gasteiger partial charge in [0.05, 0.1) is 30.7 Å². The van der Waals surface area contributed by atoms with Crippen LogP contribution in [-0.4, -0.2) is 120 Å². The summed E-state index contributed by atoms with van der Waals surface area (Å²) in [7, 11) is 0. The topological polar surface area (TPSA) is 103 Å². The van der Waals surface area contributed by atoms with Crippen LogP contribution in [0.3, 0.4) is 0 Å². The fourth-order valence-electron chi connectivity index (χ4n) is 7.75. The van der Waals surface area contributed by atoms with Gasteiger partial charge < -0.3 is 29.3 Å². The number of aliphatic hydroxyl groups excluding tert-OH is 1. The number of carbonyl (C=O) groups excluding carboxylic acids is 3. The number of ether oxygens (including phenoxy) is 2. The van der Waals surface area contributed by atoms with E-state index in [4.69, 9.17) is 9.47 Å². The van der Waals surface area contributed by atoms with E-state index >= 15 is 0 Å². The molecule has 10 heteroatoms. The van der Waals surface area contributed by atoms with E-state index in [1.54, 1.807) is 9.80 Å². The van der Waals surface area contributed by atoms with Crippen molar-refractivity contribution in [3.8, 4) is 0 Å². The largest absolute Gasteiger partial charge is 0.396 e. The molecule has 3 amide bonds. The summed E-state index contributed by atoms with van der Waals surface area (Å²) in [6, 6.07) is 8.68. The van der Waals surface area contributed by atoms with Gasteiger partial charge in [-0.1, -0.05) is 49.4 Å². The number of fused-ring (bicyclic) bond motifs is 2. The molecule has 0 bridgehead atoms. The maximum absolute atomic E-state index is 14.6. The first-order valence-electron chi connectivity index (χ1n) is 15.9. The number of carbonyl (C=O) groups is 3. The summed E-state index contributed by atoms with van der Waals surface area (Å²) in [5.74, 6) is -2.07. The Morgan fingerprint density at radius 3 is 2.37 bits per heavy atom. The van der Waals surface area contributed by atoms with E-state index in [1.807, 2.05) is 66.5 Å². The summed E-state index contributed by atoms with van der Waals surface area (Å²) in [6.45, 7) is 7.57. The molecule has 3 saturated heterocycles. The standard InChI is InChI=1S/C33H44N4O6/c1-2-32-13-9-17-36(25-11-5-3-6-12-25)29(39)26(32)27-30(40)37(16-7-4-8-22-38)28-31(41)35(15-10-14-33(27,28)43-32)19-18-34-20-23-42-24-21-34/h3,5-6,9-14,26-28,38H,2,4,7-8,15-24H2,1H3/t26-,27-,28?,32+,33-/m0/s1. The molecule has 0 aliphatic carbocycles. The van der Waals surface area contributed by atoms with Crippen LogP contribution in [-0.2, 0) is 23.9 Å². The Hall–Kier alpha value is -3.05. The molecule has 5 aliphatic rings. The minimum Gasteiger partial charge on any atom is -0.396 e. The molecule has 1 aromatic carbocycles. The SMILES string of the molecule is CC[C@@]12C=CCN(c3ccccc3)C(=O)[C@@H]1[C@H]1C(=O)N(CCCCCO)C3C(=O)N(CCN4CCOCC4)CC=C[C@@]31O2. The van der Waals surface area contributed by atoms with Crippen molar-refractivity contribution in [3.05, 3.63) is 54.6 Å².